The van der Waals surface area contributed by atoms with Gasteiger partial charge in [-0.2, -0.15) is 13.2 Å². The van der Waals surface area contributed by atoms with Crippen LogP contribution in [0.1, 0.15) is 39.5 Å². The fourth-order valence-corrected chi connectivity index (χ4v) is 1.07. The smallest absolute Gasteiger partial charge is 0.345 e. The molecule has 1 atom stereocenters. The van der Waals surface area contributed by atoms with Gasteiger partial charge in [0.05, 0.1) is 13.0 Å². The Morgan fingerprint density at radius 2 is 1.57 bits per heavy atom. The summed E-state index contributed by atoms with van der Waals surface area (Å²) in [4.78, 5) is 0. The van der Waals surface area contributed by atoms with Crippen molar-refractivity contribution in [1.29, 1.82) is 0 Å². The third kappa shape index (κ3) is 6.18. The van der Waals surface area contributed by atoms with Crippen molar-refractivity contribution in [3.05, 3.63) is 0 Å². The van der Waals surface area contributed by atoms with Gasteiger partial charge in [0.1, 0.15) is 0 Å². The molecule has 0 aliphatic carbocycles. The molecule has 14 heavy (non-hydrogen) atoms. The lowest BCUT2D eigenvalue weighted by Gasteiger charge is -2.24. The minimum Gasteiger partial charge on any atom is -0.345 e. The second-order valence-corrected chi connectivity index (χ2v) is 3.20. The fraction of sp³-hybridized carbons (Fsp3) is 1.00. The van der Waals surface area contributed by atoms with Crippen LogP contribution in [0.3, 0.4) is 0 Å². The molecular formula is C9H16F4O. The van der Waals surface area contributed by atoms with Crippen molar-refractivity contribution in [3.8, 4) is 0 Å². The Morgan fingerprint density at radius 3 is 1.93 bits per heavy atom. The van der Waals surface area contributed by atoms with Crippen LogP contribution in [0.4, 0.5) is 17.6 Å². The van der Waals surface area contributed by atoms with E-state index in [2.05, 4.69) is 4.74 Å². The molecular weight excluding hydrogens is 200 g/mol. The van der Waals surface area contributed by atoms with Crippen molar-refractivity contribution in [2.45, 2.75) is 51.6 Å². The summed E-state index contributed by atoms with van der Waals surface area (Å²) in [5, 5.41) is 0. The molecule has 0 bridgehead atoms. The molecule has 0 aromatic carbocycles. The van der Waals surface area contributed by atoms with Gasteiger partial charge in [0.15, 0.2) is 0 Å². The zero-order chi connectivity index (χ0) is 11.2. The zero-order valence-electron chi connectivity index (χ0n) is 8.46. The number of rotatable bonds is 6. The SMILES string of the molecule is CCCC(F)(CC)OCCC(F)(F)F. The van der Waals surface area contributed by atoms with Gasteiger partial charge < -0.3 is 4.74 Å². The van der Waals surface area contributed by atoms with Gasteiger partial charge in [-0.1, -0.05) is 20.3 Å². The van der Waals surface area contributed by atoms with E-state index in [-0.39, 0.29) is 12.8 Å². The summed E-state index contributed by atoms with van der Waals surface area (Å²) < 4.78 is 53.3. The molecule has 5 heteroatoms. The van der Waals surface area contributed by atoms with Gasteiger partial charge in [0.2, 0.25) is 5.85 Å². The Labute approximate surface area is 81.4 Å². The molecule has 0 radical (unpaired) electrons. The summed E-state index contributed by atoms with van der Waals surface area (Å²) in [5.41, 5.74) is 0. The monoisotopic (exact) mass is 216 g/mol. The lowest BCUT2D eigenvalue weighted by atomic mass is 10.1. The van der Waals surface area contributed by atoms with Crippen molar-refractivity contribution in [2.24, 2.45) is 0 Å². The largest absolute Gasteiger partial charge is 0.391 e. The molecule has 0 aliphatic heterocycles. The van der Waals surface area contributed by atoms with E-state index in [4.69, 9.17) is 0 Å². The Balaban J connectivity index is 3.84. The zero-order valence-corrected chi connectivity index (χ0v) is 8.46. The first-order valence-corrected chi connectivity index (χ1v) is 4.72. The summed E-state index contributed by atoms with van der Waals surface area (Å²) in [5.74, 6) is -1.89. The van der Waals surface area contributed by atoms with Gasteiger partial charge in [0, 0.05) is 12.8 Å². The standard InChI is InChI=1S/C9H16F4O/c1-3-5-8(10,4-2)14-7-6-9(11,12)13/h3-7H2,1-2H3. The molecule has 0 saturated carbocycles. The molecule has 0 heterocycles. The first-order valence-electron chi connectivity index (χ1n) is 4.72. The number of hydrogen-bond acceptors (Lipinski definition) is 1. The summed E-state index contributed by atoms with van der Waals surface area (Å²) in [7, 11) is 0. The van der Waals surface area contributed by atoms with E-state index >= 15 is 0 Å². The highest BCUT2D eigenvalue weighted by molar-refractivity contribution is 4.65. The van der Waals surface area contributed by atoms with Crippen LogP contribution >= 0.6 is 0 Å². The molecule has 0 aromatic heterocycles. The van der Waals surface area contributed by atoms with Crippen molar-refractivity contribution >= 4 is 0 Å². The maximum Gasteiger partial charge on any atom is 0.391 e. The molecule has 86 valence electrons. The van der Waals surface area contributed by atoms with Gasteiger partial charge in [-0.25, -0.2) is 4.39 Å². The molecule has 1 nitrogen and oxygen atoms in total. The molecule has 0 aliphatic rings. The molecule has 0 aromatic rings. The Morgan fingerprint density at radius 1 is 1.00 bits per heavy atom. The van der Waals surface area contributed by atoms with Crippen LogP contribution in [0.2, 0.25) is 0 Å². The lowest BCUT2D eigenvalue weighted by Crippen LogP contribution is -2.28. The van der Waals surface area contributed by atoms with Crippen LogP contribution in [0.5, 0.6) is 0 Å². The van der Waals surface area contributed by atoms with Crippen LogP contribution in [-0.2, 0) is 4.74 Å². The number of ether oxygens (including phenoxy) is 1. The third-order valence-corrected chi connectivity index (χ3v) is 1.90. The summed E-state index contributed by atoms with van der Waals surface area (Å²) in [6.45, 7) is 2.72. The maximum atomic E-state index is 13.5. The van der Waals surface area contributed by atoms with E-state index < -0.39 is 25.1 Å². The van der Waals surface area contributed by atoms with E-state index in [0.29, 0.717) is 6.42 Å². The molecule has 0 fully saturated rings. The van der Waals surface area contributed by atoms with E-state index in [1.54, 1.807) is 13.8 Å². The van der Waals surface area contributed by atoms with E-state index in [0.717, 1.165) is 0 Å². The van der Waals surface area contributed by atoms with Crippen LogP contribution in [0, 0.1) is 0 Å². The second-order valence-electron chi connectivity index (χ2n) is 3.20. The van der Waals surface area contributed by atoms with E-state index in [1.807, 2.05) is 0 Å². The number of halogens is 4. The summed E-state index contributed by atoms with van der Waals surface area (Å²) in [6, 6.07) is 0. The molecule has 1 unspecified atom stereocenters. The van der Waals surface area contributed by atoms with Crippen LogP contribution in [0.15, 0.2) is 0 Å². The van der Waals surface area contributed by atoms with E-state index in [1.165, 1.54) is 0 Å². The van der Waals surface area contributed by atoms with Gasteiger partial charge in [-0.05, 0) is 0 Å². The summed E-state index contributed by atoms with van der Waals surface area (Å²) >= 11 is 0. The van der Waals surface area contributed by atoms with Crippen LogP contribution in [-0.4, -0.2) is 18.6 Å². The summed E-state index contributed by atoms with van der Waals surface area (Å²) in [6.07, 6.45) is -4.60. The minimum absolute atomic E-state index is 0.0820. The second kappa shape index (κ2) is 5.53. The highest BCUT2D eigenvalue weighted by Gasteiger charge is 2.31. The van der Waals surface area contributed by atoms with Gasteiger partial charge in [0.25, 0.3) is 0 Å². The van der Waals surface area contributed by atoms with Crippen molar-refractivity contribution in [2.75, 3.05) is 6.61 Å². The lowest BCUT2D eigenvalue weighted by molar-refractivity contribution is -0.190. The van der Waals surface area contributed by atoms with Gasteiger partial charge in [-0.15, -0.1) is 0 Å². The number of alkyl halides is 4. The Hall–Kier alpha value is -0.320. The maximum absolute atomic E-state index is 13.5. The van der Waals surface area contributed by atoms with Crippen molar-refractivity contribution < 1.29 is 22.3 Å². The average molecular weight is 216 g/mol. The van der Waals surface area contributed by atoms with Gasteiger partial charge >= 0.3 is 6.18 Å². The van der Waals surface area contributed by atoms with Gasteiger partial charge in [-0.3, -0.25) is 0 Å². The third-order valence-electron chi connectivity index (χ3n) is 1.90. The normalized spacial score (nSPS) is 16.7. The van der Waals surface area contributed by atoms with Crippen molar-refractivity contribution in [3.63, 3.8) is 0 Å². The quantitative estimate of drug-likeness (QED) is 0.613. The van der Waals surface area contributed by atoms with Crippen LogP contribution < -0.4 is 0 Å². The predicted octanol–water partition coefficient (Wildman–Crippen LogP) is 3.83. The predicted molar refractivity (Wildman–Crippen MR) is 45.7 cm³/mol. The number of hydrogen-bond donors (Lipinski definition) is 0. The van der Waals surface area contributed by atoms with Crippen molar-refractivity contribution in [1.82, 2.24) is 0 Å². The van der Waals surface area contributed by atoms with Crippen LogP contribution in [0.25, 0.3) is 0 Å². The first-order chi connectivity index (χ1) is 6.33. The fourth-order valence-electron chi connectivity index (χ4n) is 1.07. The molecule has 0 saturated heterocycles. The average Bonchev–Trinajstić information content (AvgIpc) is 2.02. The molecule has 0 amide bonds. The Bertz CT molecular complexity index is 157. The molecule has 0 spiro atoms. The topological polar surface area (TPSA) is 9.23 Å². The highest BCUT2D eigenvalue weighted by atomic mass is 19.4. The Kier molecular flexibility index (Phi) is 5.41. The highest BCUT2D eigenvalue weighted by Crippen LogP contribution is 2.26. The minimum atomic E-state index is -4.28. The first kappa shape index (κ1) is 13.7. The molecule has 0 N–H and O–H groups in total. The van der Waals surface area contributed by atoms with E-state index in [9.17, 15) is 17.6 Å². The molecule has 0 rings (SSSR count).